The van der Waals surface area contributed by atoms with Gasteiger partial charge in [0.15, 0.2) is 5.03 Å². The fourth-order valence-corrected chi connectivity index (χ4v) is 4.68. The highest BCUT2D eigenvalue weighted by molar-refractivity contribution is 8.15. The molecule has 116 valence electrons. The Morgan fingerprint density at radius 3 is 2.48 bits per heavy atom. The SMILES string of the molecule is Cc1nc(S(=O)(=O)NCc2ccc(S(=O)(=O)Cl)s2)cn1C. The van der Waals surface area contributed by atoms with Gasteiger partial charge in [0.25, 0.3) is 19.1 Å². The van der Waals surface area contributed by atoms with Gasteiger partial charge < -0.3 is 4.57 Å². The second kappa shape index (κ2) is 5.69. The molecule has 0 aliphatic heterocycles. The second-order valence-corrected chi connectivity index (χ2v) is 9.90. The largest absolute Gasteiger partial charge is 0.337 e. The number of hydrogen-bond acceptors (Lipinski definition) is 6. The summed E-state index contributed by atoms with van der Waals surface area (Å²) in [5, 5.41) is -0.0794. The molecule has 0 unspecified atom stereocenters. The van der Waals surface area contributed by atoms with E-state index < -0.39 is 19.1 Å². The van der Waals surface area contributed by atoms with E-state index in [0.717, 1.165) is 11.3 Å². The lowest BCUT2D eigenvalue weighted by Gasteiger charge is -2.01. The van der Waals surface area contributed by atoms with Gasteiger partial charge in [0, 0.05) is 35.3 Å². The van der Waals surface area contributed by atoms with Crippen LogP contribution in [0, 0.1) is 6.92 Å². The maximum absolute atomic E-state index is 12.0. The Balaban J connectivity index is 2.14. The zero-order valence-corrected chi connectivity index (χ0v) is 14.3. The standard InChI is InChI=1S/C10H12ClN3O4S3/c1-7-13-9(6-14(7)2)21(17,18)12-5-8-3-4-10(19-8)20(11,15)16/h3-4,6,12H,5H2,1-2H3. The molecule has 1 N–H and O–H groups in total. The van der Waals surface area contributed by atoms with Crippen LogP contribution in [0.3, 0.4) is 0 Å². The summed E-state index contributed by atoms with van der Waals surface area (Å²) in [6.07, 6.45) is 1.40. The Kier molecular flexibility index (Phi) is 4.45. The number of aromatic nitrogens is 2. The van der Waals surface area contributed by atoms with Gasteiger partial charge in [0.2, 0.25) is 0 Å². The molecule has 2 rings (SSSR count). The minimum absolute atomic E-state index is 0.0213. The first-order valence-electron chi connectivity index (χ1n) is 5.62. The number of halogens is 1. The van der Waals surface area contributed by atoms with E-state index in [1.54, 1.807) is 18.5 Å². The number of aryl methyl sites for hydroxylation is 2. The van der Waals surface area contributed by atoms with Crippen molar-refractivity contribution in [2.75, 3.05) is 0 Å². The zero-order chi connectivity index (χ0) is 15.8. The van der Waals surface area contributed by atoms with Crippen molar-refractivity contribution < 1.29 is 16.8 Å². The van der Waals surface area contributed by atoms with Gasteiger partial charge >= 0.3 is 0 Å². The van der Waals surface area contributed by atoms with Crippen LogP contribution in [0.4, 0.5) is 0 Å². The first-order valence-corrected chi connectivity index (χ1v) is 10.2. The van der Waals surface area contributed by atoms with Gasteiger partial charge in [-0.15, -0.1) is 11.3 Å². The predicted molar refractivity (Wildman–Crippen MR) is 79.3 cm³/mol. The molecule has 2 aromatic heterocycles. The lowest BCUT2D eigenvalue weighted by Crippen LogP contribution is -2.23. The van der Waals surface area contributed by atoms with E-state index in [1.165, 1.54) is 18.3 Å². The van der Waals surface area contributed by atoms with E-state index in [1.807, 2.05) is 0 Å². The molecular formula is C10H12ClN3O4S3. The highest BCUT2D eigenvalue weighted by Crippen LogP contribution is 2.24. The van der Waals surface area contributed by atoms with E-state index in [0.29, 0.717) is 10.7 Å². The van der Waals surface area contributed by atoms with Crippen LogP contribution >= 0.6 is 22.0 Å². The maximum Gasteiger partial charge on any atom is 0.270 e. The fourth-order valence-electron chi connectivity index (χ4n) is 1.48. The molecule has 0 atom stereocenters. The lowest BCUT2D eigenvalue weighted by atomic mass is 10.5. The van der Waals surface area contributed by atoms with E-state index in [-0.39, 0.29) is 15.8 Å². The van der Waals surface area contributed by atoms with Crippen LogP contribution in [-0.2, 0) is 32.7 Å². The van der Waals surface area contributed by atoms with Crippen LogP contribution in [-0.4, -0.2) is 26.4 Å². The summed E-state index contributed by atoms with van der Waals surface area (Å²) >= 11 is 0.912. The van der Waals surface area contributed by atoms with E-state index in [4.69, 9.17) is 10.7 Å². The third-order valence-electron chi connectivity index (χ3n) is 2.68. The number of sulfonamides is 1. The van der Waals surface area contributed by atoms with Gasteiger partial charge in [-0.25, -0.2) is 26.5 Å². The third-order valence-corrected chi connectivity index (χ3v) is 7.13. The van der Waals surface area contributed by atoms with Gasteiger partial charge in [-0.05, 0) is 19.1 Å². The van der Waals surface area contributed by atoms with Crippen LogP contribution in [0.5, 0.6) is 0 Å². The topological polar surface area (TPSA) is 98.1 Å². The number of rotatable bonds is 5. The predicted octanol–water partition coefficient (Wildman–Crippen LogP) is 1.20. The van der Waals surface area contributed by atoms with Crippen LogP contribution in [0.15, 0.2) is 27.6 Å². The molecule has 2 heterocycles. The van der Waals surface area contributed by atoms with Crippen LogP contribution < -0.4 is 4.72 Å². The smallest absolute Gasteiger partial charge is 0.270 e. The zero-order valence-electron chi connectivity index (χ0n) is 11.1. The van der Waals surface area contributed by atoms with Crippen molar-refractivity contribution in [3.05, 3.63) is 29.0 Å². The van der Waals surface area contributed by atoms with Crippen molar-refractivity contribution in [3.8, 4) is 0 Å². The van der Waals surface area contributed by atoms with Crippen molar-refractivity contribution >= 4 is 41.1 Å². The van der Waals surface area contributed by atoms with Gasteiger partial charge in [-0.2, -0.15) is 0 Å². The molecule has 0 bridgehead atoms. The first-order chi connectivity index (χ1) is 9.59. The average Bonchev–Trinajstić information content (AvgIpc) is 2.95. The summed E-state index contributed by atoms with van der Waals surface area (Å²) in [4.78, 5) is 4.47. The van der Waals surface area contributed by atoms with Gasteiger partial charge in [0.05, 0.1) is 0 Å². The number of hydrogen-bond donors (Lipinski definition) is 1. The van der Waals surface area contributed by atoms with Crippen molar-refractivity contribution in [1.82, 2.24) is 14.3 Å². The molecule has 2 aromatic rings. The van der Waals surface area contributed by atoms with Crippen molar-refractivity contribution in [3.63, 3.8) is 0 Å². The molecule has 7 nitrogen and oxygen atoms in total. The highest BCUT2D eigenvalue weighted by atomic mass is 35.7. The number of nitrogens with zero attached hydrogens (tertiary/aromatic N) is 2. The molecule has 0 spiro atoms. The molecule has 0 fully saturated rings. The second-order valence-electron chi connectivity index (χ2n) is 4.22. The lowest BCUT2D eigenvalue weighted by molar-refractivity contribution is 0.578. The Bertz CT molecular complexity index is 848. The van der Waals surface area contributed by atoms with Crippen LogP contribution in [0.25, 0.3) is 0 Å². The van der Waals surface area contributed by atoms with Crippen molar-refractivity contribution in [1.29, 1.82) is 0 Å². The Morgan fingerprint density at radius 1 is 1.33 bits per heavy atom. The Hall–Kier alpha value is -0.940. The molecule has 0 amide bonds. The quantitative estimate of drug-likeness (QED) is 0.798. The summed E-state index contributed by atoms with van der Waals surface area (Å²) < 4.78 is 50.3. The monoisotopic (exact) mass is 369 g/mol. The Labute approximate surface area is 131 Å². The molecule has 11 heteroatoms. The summed E-state index contributed by atoms with van der Waals surface area (Å²) in [5.41, 5.74) is 0. The molecule has 0 saturated carbocycles. The molecule has 0 aliphatic rings. The van der Waals surface area contributed by atoms with Crippen LogP contribution in [0.2, 0.25) is 0 Å². The first kappa shape index (κ1) is 16.4. The summed E-state index contributed by atoms with van der Waals surface area (Å²) in [6, 6.07) is 2.84. The van der Waals surface area contributed by atoms with Gasteiger partial charge in [-0.3, -0.25) is 0 Å². The molecule has 21 heavy (non-hydrogen) atoms. The minimum atomic E-state index is -3.79. The molecule has 0 radical (unpaired) electrons. The van der Waals surface area contributed by atoms with E-state index >= 15 is 0 Å². The molecule has 0 saturated heterocycles. The number of thiophene rings is 1. The highest BCUT2D eigenvalue weighted by Gasteiger charge is 2.19. The summed E-state index contributed by atoms with van der Waals surface area (Å²) in [6.45, 7) is 1.66. The molecule has 0 aromatic carbocycles. The number of nitrogens with one attached hydrogen (secondary N) is 1. The fraction of sp³-hybridized carbons (Fsp3) is 0.300. The van der Waals surface area contributed by atoms with Crippen molar-refractivity contribution in [2.45, 2.75) is 22.7 Å². The number of imidazole rings is 1. The van der Waals surface area contributed by atoms with Gasteiger partial charge in [-0.1, -0.05) is 0 Å². The molecular weight excluding hydrogens is 358 g/mol. The minimum Gasteiger partial charge on any atom is -0.337 e. The molecule has 0 aliphatic carbocycles. The normalized spacial score (nSPS) is 12.7. The van der Waals surface area contributed by atoms with E-state index in [9.17, 15) is 16.8 Å². The van der Waals surface area contributed by atoms with Crippen molar-refractivity contribution in [2.24, 2.45) is 7.05 Å². The van der Waals surface area contributed by atoms with E-state index in [2.05, 4.69) is 9.71 Å². The maximum atomic E-state index is 12.0. The average molecular weight is 370 g/mol. The van der Waals surface area contributed by atoms with Gasteiger partial charge in [0.1, 0.15) is 10.0 Å². The summed E-state index contributed by atoms with van der Waals surface area (Å²) in [5.74, 6) is 0.571. The third kappa shape index (κ3) is 3.83. The van der Waals surface area contributed by atoms with Crippen LogP contribution in [0.1, 0.15) is 10.7 Å². The summed E-state index contributed by atoms with van der Waals surface area (Å²) in [7, 11) is -0.635. The Morgan fingerprint density at radius 2 is 2.00 bits per heavy atom.